The number of carbonyl (C=O) groups excluding carboxylic acids is 1. The lowest BCUT2D eigenvalue weighted by atomic mass is 10.2. The van der Waals surface area contributed by atoms with Gasteiger partial charge in [-0.2, -0.15) is 15.0 Å². The molecule has 1 amide bonds. The van der Waals surface area contributed by atoms with Crippen LogP contribution in [0.1, 0.15) is 18.3 Å². The van der Waals surface area contributed by atoms with E-state index in [1.165, 1.54) is 18.9 Å². The minimum absolute atomic E-state index is 0.0570. The van der Waals surface area contributed by atoms with E-state index in [9.17, 15) is 4.79 Å². The van der Waals surface area contributed by atoms with Gasteiger partial charge in [0.1, 0.15) is 11.6 Å². The van der Waals surface area contributed by atoms with E-state index >= 15 is 0 Å². The molecule has 0 unspecified atom stereocenters. The van der Waals surface area contributed by atoms with E-state index in [0.29, 0.717) is 28.0 Å². The van der Waals surface area contributed by atoms with Gasteiger partial charge in [-0.15, -0.1) is 11.8 Å². The van der Waals surface area contributed by atoms with E-state index in [2.05, 4.69) is 20.3 Å². The maximum atomic E-state index is 12.4. The van der Waals surface area contributed by atoms with E-state index in [-0.39, 0.29) is 23.1 Å². The molecule has 10 heteroatoms. The molecule has 0 bridgehead atoms. The van der Waals surface area contributed by atoms with Crippen LogP contribution < -0.4 is 21.5 Å². The fourth-order valence-corrected chi connectivity index (χ4v) is 2.85. The van der Waals surface area contributed by atoms with Gasteiger partial charge in [0.2, 0.25) is 17.8 Å². The SMILES string of the molecule is COc1cc(Cl)c(C)cc1NC(=O)[C@H](C)SCc1nc(N)nc(N)n1. The maximum Gasteiger partial charge on any atom is 0.237 e. The molecule has 2 rings (SSSR count). The summed E-state index contributed by atoms with van der Waals surface area (Å²) in [6, 6.07) is 3.44. The number of hydrogen-bond donors (Lipinski definition) is 3. The first-order valence-electron chi connectivity index (χ1n) is 7.32. The summed E-state index contributed by atoms with van der Waals surface area (Å²) in [5, 5.41) is 3.05. The van der Waals surface area contributed by atoms with Crippen LogP contribution in [-0.2, 0) is 10.5 Å². The van der Waals surface area contributed by atoms with Crippen LogP contribution in [0.25, 0.3) is 0 Å². The maximum absolute atomic E-state index is 12.4. The summed E-state index contributed by atoms with van der Waals surface area (Å²) in [6.45, 7) is 3.63. The number of nitrogens with one attached hydrogen (secondary N) is 1. The topological polar surface area (TPSA) is 129 Å². The fourth-order valence-electron chi connectivity index (χ4n) is 1.96. The van der Waals surface area contributed by atoms with Gasteiger partial charge in [0.25, 0.3) is 0 Å². The van der Waals surface area contributed by atoms with Gasteiger partial charge in [0, 0.05) is 11.1 Å². The lowest BCUT2D eigenvalue weighted by Crippen LogP contribution is -2.23. The summed E-state index contributed by atoms with van der Waals surface area (Å²) >= 11 is 7.42. The number of methoxy groups -OCH3 is 1. The van der Waals surface area contributed by atoms with Crippen molar-refractivity contribution in [2.45, 2.75) is 24.9 Å². The van der Waals surface area contributed by atoms with Gasteiger partial charge < -0.3 is 21.5 Å². The zero-order valence-electron chi connectivity index (χ0n) is 14.0. The van der Waals surface area contributed by atoms with Gasteiger partial charge in [-0.1, -0.05) is 11.6 Å². The molecule has 0 saturated carbocycles. The van der Waals surface area contributed by atoms with Crippen LogP contribution in [-0.4, -0.2) is 33.2 Å². The lowest BCUT2D eigenvalue weighted by molar-refractivity contribution is -0.115. The molecule has 0 radical (unpaired) electrons. The van der Waals surface area contributed by atoms with Crippen molar-refractivity contribution in [3.63, 3.8) is 0 Å². The highest BCUT2D eigenvalue weighted by atomic mass is 35.5. The number of nitrogens with two attached hydrogens (primary N) is 2. The number of nitrogen functional groups attached to an aromatic ring is 2. The Balaban J connectivity index is 2.02. The first kappa shape index (κ1) is 19.1. The number of aryl methyl sites for hydroxylation is 1. The highest BCUT2D eigenvalue weighted by Gasteiger charge is 2.17. The first-order chi connectivity index (χ1) is 11.8. The molecule has 2 aromatic rings. The Hall–Kier alpha value is -2.26. The van der Waals surface area contributed by atoms with Crippen LogP contribution in [0.5, 0.6) is 5.75 Å². The number of aromatic nitrogens is 3. The predicted molar refractivity (Wildman–Crippen MR) is 101 cm³/mol. The van der Waals surface area contributed by atoms with Gasteiger partial charge in [-0.05, 0) is 25.5 Å². The standard InChI is InChI=1S/C15H19ClN6O2S/c1-7-4-10(11(24-3)5-9(7)16)19-13(23)8(2)25-6-12-20-14(17)22-15(18)21-12/h4-5,8H,6H2,1-3H3,(H,19,23)(H4,17,18,20,21,22)/t8-/m0/s1. The largest absolute Gasteiger partial charge is 0.495 e. The average molecular weight is 383 g/mol. The Labute approximate surface area is 154 Å². The van der Waals surface area contributed by atoms with Crippen LogP contribution in [0, 0.1) is 6.92 Å². The molecule has 0 saturated heterocycles. The fraction of sp³-hybridized carbons (Fsp3) is 0.333. The van der Waals surface area contributed by atoms with Gasteiger partial charge in [-0.25, -0.2) is 0 Å². The average Bonchev–Trinajstić information content (AvgIpc) is 2.54. The Bertz CT molecular complexity index is 769. The summed E-state index contributed by atoms with van der Waals surface area (Å²) in [4.78, 5) is 24.1. The van der Waals surface area contributed by atoms with E-state index in [4.69, 9.17) is 27.8 Å². The first-order valence-corrected chi connectivity index (χ1v) is 8.75. The third kappa shape index (κ3) is 5.10. The normalized spacial score (nSPS) is 11.8. The number of rotatable bonds is 6. The molecular weight excluding hydrogens is 364 g/mol. The number of thioether (sulfide) groups is 1. The van der Waals surface area contributed by atoms with E-state index in [1.807, 2.05) is 6.92 Å². The van der Waals surface area contributed by atoms with Crippen LogP contribution in [0.15, 0.2) is 12.1 Å². The van der Waals surface area contributed by atoms with Crippen LogP contribution >= 0.6 is 23.4 Å². The summed E-state index contributed by atoms with van der Waals surface area (Å²) in [5.74, 6) is 1.24. The molecule has 5 N–H and O–H groups in total. The minimum atomic E-state index is -0.361. The van der Waals surface area contributed by atoms with Crippen molar-refractivity contribution in [1.29, 1.82) is 0 Å². The second-order valence-corrected chi connectivity index (χ2v) is 6.95. The molecule has 0 fully saturated rings. The molecular formula is C15H19ClN6O2S. The number of ether oxygens (including phenoxy) is 1. The Morgan fingerprint density at radius 3 is 2.56 bits per heavy atom. The molecule has 1 aromatic carbocycles. The van der Waals surface area contributed by atoms with E-state index in [0.717, 1.165) is 5.56 Å². The molecule has 0 aliphatic rings. The van der Waals surface area contributed by atoms with Crippen LogP contribution in [0.4, 0.5) is 17.6 Å². The predicted octanol–water partition coefficient (Wildman–Crippen LogP) is 2.27. The van der Waals surface area contributed by atoms with Gasteiger partial charge in [0.05, 0.1) is 23.8 Å². The summed E-state index contributed by atoms with van der Waals surface area (Å²) < 4.78 is 5.26. The van der Waals surface area contributed by atoms with Crippen molar-refractivity contribution >= 4 is 46.9 Å². The van der Waals surface area contributed by atoms with E-state index < -0.39 is 0 Å². The van der Waals surface area contributed by atoms with Crippen molar-refractivity contribution < 1.29 is 9.53 Å². The quantitative estimate of drug-likeness (QED) is 0.693. The molecule has 0 aliphatic heterocycles. The molecule has 0 spiro atoms. The monoisotopic (exact) mass is 382 g/mol. The smallest absolute Gasteiger partial charge is 0.237 e. The van der Waals surface area contributed by atoms with Gasteiger partial charge >= 0.3 is 0 Å². The summed E-state index contributed by atoms with van der Waals surface area (Å²) in [7, 11) is 1.52. The van der Waals surface area contributed by atoms with E-state index in [1.54, 1.807) is 19.1 Å². The lowest BCUT2D eigenvalue weighted by Gasteiger charge is -2.15. The van der Waals surface area contributed by atoms with Crippen molar-refractivity contribution in [2.75, 3.05) is 23.9 Å². The molecule has 134 valence electrons. The summed E-state index contributed by atoms with van der Waals surface area (Å²) in [5.41, 5.74) is 12.5. The second-order valence-electron chi connectivity index (χ2n) is 5.21. The number of hydrogen-bond acceptors (Lipinski definition) is 8. The van der Waals surface area contributed by atoms with Gasteiger partial charge in [0.15, 0.2) is 0 Å². The third-order valence-corrected chi connectivity index (χ3v) is 4.83. The second kappa shape index (κ2) is 8.21. The molecule has 25 heavy (non-hydrogen) atoms. The molecule has 1 heterocycles. The van der Waals surface area contributed by atoms with Crippen molar-refractivity contribution in [3.8, 4) is 5.75 Å². The number of benzene rings is 1. The molecule has 0 aliphatic carbocycles. The third-order valence-electron chi connectivity index (χ3n) is 3.29. The Morgan fingerprint density at radius 2 is 1.96 bits per heavy atom. The summed E-state index contributed by atoms with van der Waals surface area (Å²) in [6.07, 6.45) is 0. The Kier molecular flexibility index (Phi) is 6.27. The number of carbonyl (C=O) groups is 1. The Morgan fingerprint density at radius 1 is 1.32 bits per heavy atom. The number of halogens is 1. The zero-order valence-corrected chi connectivity index (χ0v) is 15.6. The van der Waals surface area contributed by atoms with Crippen molar-refractivity contribution in [2.24, 2.45) is 0 Å². The van der Waals surface area contributed by atoms with Gasteiger partial charge in [-0.3, -0.25) is 4.79 Å². The highest BCUT2D eigenvalue weighted by molar-refractivity contribution is 7.99. The van der Waals surface area contributed by atoms with Crippen molar-refractivity contribution in [3.05, 3.63) is 28.5 Å². The molecule has 1 atom stereocenters. The highest BCUT2D eigenvalue weighted by Crippen LogP contribution is 2.31. The van der Waals surface area contributed by atoms with Crippen LogP contribution in [0.2, 0.25) is 5.02 Å². The molecule has 1 aromatic heterocycles. The number of nitrogens with zero attached hydrogens (tertiary/aromatic N) is 3. The number of amides is 1. The molecule has 8 nitrogen and oxygen atoms in total. The van der Waals surface area contributed by atoms with Crippen LogP contribution in [0.3, 0.4) is 0 Å². The number of anilines is 3. The van der Waals surface area contributed by atoms with Crippen molar-refractivity contribution in [1.82, 2.24) is 15.0 Å². The zero-order chi connectivity index (χ0) is 18.6. The minimum Gasteiger partial charge on any atom is -0.495 e.